The van der Waals surface area contributed by atoms with Gasteiger partial charge in [-0.2, -0.15) is 0 Å². The summed E-state index contributed by atoms with van der Waals surface area (Å²) in [4.78, 5) is 16.2. The number of nitrogens with zero attached hydrogens (tertiary/aromatic N) is 2. The first-order valence-corrected chi connectivity index (χ1v) is 8.07. The molecule has 1 atom stereocenters. The first-order chi connectivity index (χ1) is 11.1. The molecule has 2 heterocycles. The zero-order valence-electron chi connectivity index (χ0n) is 14.0. The zero-order chi connectivity index (χ0) is 16.4. The molecule has 0 unspecified atom stereocenters. The lowest BCUT2D eigenvalue weighted by Crippen LogP contribution is -2.42. The zero-order valence-corrected chi connectivity index (χ0v) is 14.0. The van der Waals surface area contributed by atoms with Gasteiger partial charge in [0.05, 0.1) is 19.6 Å². The van der Waals surface area contributed by atoms with Gasteiger partial charge in [0.15, 0.2) is 0 Å². The number of piperidine rings is 1. The maximum Gasteiger partial charge on any atom is 0.226 e. The van der Waals surface area contributed by atoms with Gasteiger partial charge in [-0.25, -0.2) is 0 Å². The van der Waals surface area contributed by atoms with Gasteiger partial charge in [0, 0.05) is 26.0 Å². The van der Waals surface area contributed by atoms with Gasteiger partial charge in [0.1, 0.15) is 17.1 Å². The molecule has 0 N–H and O–H groups in total. The quantitative estimate of drug-likeness (QED) is 0.870. The number of fused-ring (bicyclic) bond motifs is 1. The van der Waals surface area contributed by atoms with E-state index in [9.17, 15) is 4.79 Å². The average Bonchev–Trinajstić information content (AvgIpc) is 2.95. The second-order valence-electron chi connectivity index (χ2n) is 6.42. The minimum absolute atomic E-state index is 0.100. The van der Waals surface area contributed by atoms with E-state index < -0.39 is 0 Å². The molecule has 1 saturated heterocycles. The summed E-state index contributed by atoms with van der Waals surface area (Å²) < 4.78 is 11.2. The maximum absolute atomic E-state index is 12.2. The van der Waals surface area contributed by atoms with Crippen LogP contribution < -0.4 is 4.74 Å². The van der Waals surface area contributed by atoms with Gasteiger partial charge >= 0.3 is 0 Å². The Morgan fingerprint density at radius 3 is 2.96 bits per heavy atom. The van der Waals surface area contributed by atoms with Crippen LogP contribution in [0.25, 0.3) is 11.0 Å². The number of furan rings is 1. The maximum atomic E-state index is 12.2. The predicted molar refractivity (Wildman–Crippen MR) is 89.5 cm³/mol. The molecule has 124 valence electrons. The lowest BCUT2D eigenvalue weighted by molar-refractivity contribution is -0.134. The fraction of sp³-hybridized carbons (Fsp3) is 0.500. The van der Waals surface area contributed by atoms with Gasteiger partial charge < -0.3 is 14.1 Å². The molecule has 0 radical (unpaired) electrons. The van der Waals surface area contributed by atoms with E-state index in [4.69, 9.17) is 9.15 Å². The highest BCUT2D eigenvalue weighted by molar-refractivity contribution is 5.80. The van der Waals surface area contributed by atoms with E-state index in [0.29, 0.717) is 0 Å². The van der Waals surface area contributed by atoms with Crippen molar-refractivity contribution < 1.29 is 13.9 Å². The van der Waals surface area contributed by atoms with Crippen molar-refractivity contribution in [1.82, 2.24) is 9.80 Å². The molecule has 1 fully saturated rings. The van der Waals surface area contributed by atoms with E-state index in [0.717, 1.165) is 55.0 Å². The van der Waals surface area contributed by atoms with Gasteiger partial charge in [-0.15, -0.1) is 0 Å². The molecule has 1 aromatic heterocycles. The SMILES string of the molecule is COc1ccc2oc(CN3CCC[C@H](C(=O)N(C)C)C3)cc2c1. The lowest BCUT2D eigenvalue weighted by Gasteiger charge is -2.32. The van der Waals surface area contributed by atoms with Gasteiger partial charge in [0.2, 0.25) is 5.91 Å². The van der Waals surface area contributed by atoms with Gasteiger partial charge in [-0.1, -0.05) is 0 Å². The summed E-state index contributed by atoms with van der Waals surface area (Å²) in [5, 5.41) is 1.05. The van der Waals surface area contributed by atoms with E-state index in [-0.39, 0.29) is 11.8 Å². The average molecular weight is 316 g/mol. The normalized spacial score (nSPS) is 19.0. The summed E-state index contributed by atoms with van der Waals surface area (Å²) in [7, 11) is 5.32. The van der Waals surface area contributed by atoms with Crippen molar-refractivity contribution in [2.24, 2.45) is 5.92 Å². The van der Waals surface area contributed by atoms with Crippen LogP contribution in [-0.2, 0) is 11.3 Å². The van der Waals surface area contributed by atoms with Crippen LogP contribution >= 0.6 is 0 Å². The Labute approximate surface area is 136 Å². The summed E-state index contributed by atoms with van der Waals surface area (Å²) in [6.45, 7) is 2.56. The van der Waals surface area contributed by atoms with Crippen molar-refractivity contribution in [3.05, 3.63) is 30.0 Å². The second kappa shape index (κ2) is 6.62. The van der Waals surface area contributed by atoms with Crippen LogP contribution in [0.15, 0.2) is 28.7 Å². The molecule has 0 saturated carbocycles. The van der Waals surface area contributed by atoms with E-state index in [1.165, 1.54) is 0 Å². The number of methoxy groups -OCH3 is 1. The monoisotopic (exact) mass is 316 g/mol. The Morgan fingerprint density at radius 1 is 1.39 bits per heavy atom. The molecule has 5 heteroatoms. The first-order valence-electron chi connectivity index (χ1n) is 8.07. The number of rotatable bonds is 4. The number of amides is 1. The first kappa shape index (κ1) is 15.9. The summed E-state index contributed by atoms with van der Waals surface area (Å²) in [6.07, 6.45) is 2.03. The molecule has 23 heavy (non-hydrogen) atoms. The number of hydrogen-bond donors (Lipinski definition) is 0. The molecule has 2 aromatic rings. The number of ether oxygens (including phenoxy) is 1. The van der Waals surface area contributed by atoms with Crippen LogP contribution in [0.3, 0.4) is 0 Å². The van der Waals surface area contributed by atoms with Crippen molar-refractivity contribution in [3.8, 4) is 5.75 Å². The van der Waals surface area contributed by atoms with Crippen molar-refractivity contribution >= 4 is 16.9 Å². The topological polar surface area (TPSA) is 45.9 Å². The predicted octanol–water partition coefficient (Wildman–Crippen LogP) is 2.74. The minimum atomic E-state index is 0.100. The van der Waals surface area contributed by atoms with Crippen molar-refractivity contribution in [3.63, 3.8) is 0 Å². The third-order valence-corrected chi connectivity index (χ3v) is 4.45. The van der Waals surface area contributed by atoms with Crippen molar-refractivity contribution in [2.75, 3.05) is 34.3 Å². The highest BCUT2D eigenvalue weighted by Crippen LogP contribution is 2.26. The lowest BCUT2D eigenvalue weighted by atomic mass is 9.96. The number of benzene rings is 1. The number of carbonyl (C=O) groups is 1. The van der Waals surface area contributed by atoms with Crippen LogP contribution in [0.2, 0.25) is 0 Å². The van der Waals surface area contributed by atoms with E-state index >= 15 is 0 Å². The van der Waals surface area contributed by atoms with Gasteiger partial charge in [-0.3, -0.25) is 9.69 Å². The Bertz CT molecular complexity index is 693. The number of hydrogen-bond acceptors (Lipinski definition) is 4. The third-order valence-electron chi connectivity index (χ3n) is 4.45. The summed E-state index contributed by atoms with van der Waals surface area (Å²) in [5.74, 6) is 2.10. The van der Waals surface area contributed by atoms with Crippen LogP contribution in [0, 0.1) is 5.92 Å². The summed E-state index contributed by atoms with van der Waals surface area (Å²) in [5.41, 5.74) is 0.874. The van der Waals surface area contributed by atoms with Crippen molar-refractivity contribution in [1.29, 1.82) is 0 Å². The number of carbonyl (C=O) groups excluding carboxylic acids is 1. The molecule has 3 rings (SSSR count). The molecule has 0 aliphatic carbocycles. The molecule has 1 aliphatic heterocycles. The molecule has 0 bridgehead atoms. The highest BCUT2D eigenvalue weighted by atomic mass is 16.5. The summed E-state index contributed by atoms with van der Waals surface area (Å²) >= 11 is 0. The van der Waals surface area contributed by atoms with E-state index in [1.807, 2.05) is 32.3 Å². The van der Waals surface area contributed by atoms with E-state index in [2.05, 4.69) is 11.0 Å². The Morgan fingerprint density at radius 2 is 2.22 bits per heavy atom. The van der Waals surface area contributed by atoms with Crippen LogP contribution in [0.5, 0.6) is 5.75 Å². The second-order valence-corrected chi connectivity index (χ2v) is 6.42. The fourth-order valence-corrected chi connectivity index (χ4v) is 3.27. The van der Waals surface area contributed by atoms with Gasteiger partial charge in [-0.05, 0) is 43.7 Å². The molecule has 1 aromatic carbocycles. The number of likely N-dealkylation sites (tertiary alicyclic amines) is 1. The van der Waals surface area contributed by atoms with E-state index in [1.54, 1.807) is 12.0 Å². The smallest absolute Gasteiger partial charge is 0.226 e. The minimum Gasteiger partial charge on any atom is -0.497 e. The molecule has 1 amide bonds. The van der Waals surface area contributed by atoms with Crippen molar-refractivity contribution in [2.45, 2.75) is 19.4 Å². The largest absolute Gasteiger partial charge is 0.497 e. The van der Waals surface area contributed by atoms with Gasteiger partial charge in [0.25, 0.3) is 0 Å². The van der Waals surface area contributed by atoms with Crippen LogP contribution in [-0.4, -0.2) is 50.0 Å². The Balaban J connectivity index is 1.70. The molecular formula is C18H24N2O3. The Hall–Kier alpha value is -2.01. The standard InChI is InChI=1S/C18H24N2O3/c1-19(2)18(21)13-5-4-8-20(11-13)12-16-10-14-9-15(22-3)6-7-17(14)23-16/h6-7,9-10,13H,4-5,8,11-12H2,1-3H3/t13-/m0/s1. The Kier molecular flexibility index (Phi) is 4.57. The molecule has 0 spiro atoms. The molecule has 5 nitrogen and oxygen atoms in total. The fourth-order valence-electron chi connectivity index (χ4n) is 3.27. The van der Waals surface area contributed by atoms with Crippen LogP contribution in [0.1, 0.15) is 18.6 Å². The van der Waals surface area contributed by atoms with Crippen LogP contribution in [0.4, 0.5) is 0 Å². The summed E-state index contributed by atoms with van der Waals surface area (Å²) in [6, 6.07) is 7.89. The highest BCUT2D eigenvalue weighted by Gasteiger charge is 2.27. The molecular weight excluding hydrogens is 292 g/mol. The molecule has 1 aliphatic rings. The third kappa shape index (κ3) is 3.50.